The van der Waals surface area contributed by atoms with Gasteiger partial charge in [-0.25, -0.2) is 18.6 Å². The molecule has 1 aliphatic rings. The molecule has 0 spiro atoms. The molecular weight excluding hydrogens is 578 g/mol. The topological polar surface area (TPSA) is 113 Å². The summed E-state index contributed by atoms with van der Waals surface area (Å²) in [7, 11) is 0. The highest BCUT2D eigenvalue weighted by Crippen LogP contribution is 2.48. The Morgan fingerprint density at radius 2 is 1.81 bits per heavy atom. The van der Waals surface area contributed by atoms with Crippen LogP contribution in [0.3, 0.4) is 0 Å². The summed E-state index contributed by atoms with van der Waals surface area (Å²) in [5, 5.41) is 2.87. The fourth-order valence-corrected chi connectivity index (χ4v) is 5.38. The van der Waals surface area contributed by atoms with E-state index in [2.05, 4.69) is 15.0 Å². The maximum absolute atomic E-state index is 14.2. The van der Waals surface area contributed by atoms with Gasteiger partial charge in [0.15, 0.2) is 17.1 Å². The van der Waals surface area contributed by atoms with E-state index < -0.39 is 41.3 Å². The number of amides is 2. The summed E-state index contributed by atoms with van der Waals surface area (Å²) in [6.45, 7) is 3.93. The molecule has 2 amide bonds. The van der Waals surface area contributed by atoms with Crippen LogP contribution in [0.15, 0.2) is 36.4 Å². The first-order chi connectivity index (χ1) is 19.7. The zero-order chi connectivity index (χ0) is 30.8. The van der Waals surface area contributed by atoms with E-state index in [0.717, 1.165) is 30.2 Å². The van der Waals surface area contributed by atoms with E-state index >= 15 is 0 Å². The van der Waals surface area contributed by atoms with Crippen LogP contribution in [-0.4, -0.2) is 30.2 Å². The van der Waals surface area contributed by atoms with Gasteiger partial charge in [0, 0.05) is 29.2 Å². The minimum absolute atomic E-state index is 0.0424. The molecule has 2 aromatic carbocycles. The molecule has 0 aliphatic heterocycles. The predicted octanol–water partition coefficient (Wildman–Crippen LogP) is 6.77. The van der Waals surface area contributed by atoms with E-state index in [9.17, 15) is 27.2 Å². The molecule has 1 atom stereocenters. The van der Waals surface area contributed by atoms with Gasteiger partial charge in [-0.15, -0.1) is 11.3 Å². The number of aromatic nitrogens is 1. The molecule has 0 radical (unpaired) electrons. The Hall–Kier alpha value is -3.87. The van der Waals surface area contributed by atoms with Crippen molar-refractivity contribution in [3.8, 4) is 22.1 Å². The van der Waals surface area contributed by atoms with Crippen molar-refractivity contribution in [2.45, 2.75) is 59.3 Å². The highest BCUT2D eigenvalue weighted by molar-refractivity contribution is 7.15. The molecule has 0 bridgehead atoms. The van der Waals surface area contributed by atoms with E-state index in [4.69, 9.17) is 15.2 Å². The first kappa shape index (κ1) is 31.1. The van der Waals surface area contributed by atoms with Crippen LogP contribution in [0.2, 0.25) is 0 Å². The normalized spacial score (nSPS) is 14.8. The van der Waals surface area contributed by atoms with Gasteiger partial charge < -0.3 is 25.3 Å². The minimum Gasteiger partial charge on any atom is -0.489 e. The number of carbonyl (C=O) groups is 2. The molecule has 1 heterocycles. The summed E-state index contributed by atoms with van der Waals surface area (Å²) in [5.41, 5.74) is 3.52. The quantitative estimate of drug-likeness (QED) is 0.232. The van der Waals surface area contributed by atoms with Crippen molar-refractivity contribution in [1.82, 2.24) is 10.3 Å². The highest BCUT2D eigenvalue weighted by Gasteiger charge is 2.47. The molecule has 1 fully saturated rings. The lowest BCUT2D eigenvalue weighted by molar-refractivity contribution is -0.0537. The number of rotatable bonds is 11. The number of ether oxygens (including phenoxy) is 3. The number of carbonyl (C=O) groups excluding carboxylic acids is 2. The van der Waals surface area contributed by atoms with E-state index in [1.54, 1.807) is 27.7 Å². The minimum atomic E-state index is -3.06. The predicted molar refractivity (Wildman–Crippen MR) is 147 cm³/mol. The number of alkyl halides is 2. The number of primary amides is 1. The second-order valence-corrected chi connectivity index (χ2v) is 12.1. The van der Waals surface area contributed by atoms with E-state index in [1.165, 1.54) is 24.3 Å². The third-order valence-corrected chi connectivity index (χ3v) is 8.35. The summed E-state index contributed by atoms with van der Waals surface area (Å²) in [6.07, 6.45) is 0.879. The van der Waals surface area contributed by atoms with Gasteiger partial charge in [-0.05, 0) is 49.9 Å². The Balaban J connectivity index is 1.77. The second-order valence-electron chi connectivity index (χ2n) is 11.1. The van der Waals surface area contributed by atoms with Crippen LogP contribution in [-0.2, 0) is 16.9 Å². The monoisotopic (exact) mass is 609 g/mol. The van der Waals surface area contributed by atoms with Crippen molar-refractivity contribution < 1.29 is 41.4 Å². The van der Waals surface area contributed by atoms with Crippen LogP contribution in [0, 0.1) is 23.0 Å². The van der Waals surface area contributed by atoms with Gasteiger partial charge in [-0.2, -0.15) is 8.78 Å². The number of hydrogen-bond acceptors (Lipinski definition) is 7. The van der Waals surface area contributed by atoms with Gasteiger partial charge in [0.2, 0.25) is 0 Å². The molecule has 0 saturated heterocycles. The first-order valence-electron chi connectivity index (χ1n) is 13.1. The van der Waals surface area contributed by atoms with Crippen LogP contribution in [0.5, 0.6) is 11.5 Å². The van der Waals surface area contributed by atoms with Gasteiger partial charge in [0.25, 0.3) is 5.91 Å². The van der Waals surface area contributed by atoms with Crippen molar-refractivity contribution in [1.29, 1.82) is 0 Å². The Bertz CT molecular complexity index is 1470. The fourth-order valence-electron chi connectivity index (χ4n) is 4.03. The van der Waals surface area contributed by atoms with Gasteiger partial charge >= 0.3 is 12.7 Å². The Morgan fingerprint density at radius 3 is 2.40 bits per heavy atom. The number of nitrogens with one attached hydrogen (secondary N) is 1. The number of hydrogen-bond donors (Lipinski definition) is 2. The smallest absolute Gasteiger partial charge is 0.405 e. The number of benzene rings is 2. The van der Waals surface area contributed by atoms with E-state index in [1.807, 2.05) is 0 Å². The molecule has 1 unspecified atom stereocenters. The third kappa shape index (κ3) is 7.12. The van der Waals surface area contributed by atoms with Crippen LogP contribution in [0.1, 0.15) is 61.5 Å². The van der Waals surface area contributed by atoms with Crippen molar-refractivity contribution >= 4 is 23.3 Å². The number of thiazole rings is 1. The average Bonchev–Trinajstić information content (AvgIpc) is 3.61. The lowest BCUT2D eigenvalue weighted by atomic mass is 9.76. The zero-order valence-electron chi connectivity index (χ0n) is 23.4. The van der Waals surface area contributed by atoms with Crippen molar-refractivity contribution in [2.75, 3.05) is 6.61 Å². The SMILES string of the molecule is CC(C)(C)C(C)(OC(N)=O)c1sc(-c2ccc(OC(F)F)c(OCC3CC3)c2)nc1C(=O)NCc1ccc(F)cc1F. The summed E-state index contributed by atoms with van der Waals surface area (Å²) in [6, 6.07) is 7.28. The maximum atomic E-state index is 14.2. The summed E-state index contributed by atoms with van der Waals surface area (Å²) >= 11 is 1.04. The Labute approximate surface area is 244 Å². The van der Waals surface area contributed by atoms with Crippen LogP contribution in [0.25, 0.3) is 10.6 Å². The molecule has 13 heteroatoms. The number of nitrogens with zero attached hydrogens (tertiary/aromatic N) is 1. The summed E-state index contributed by atoms with van der Waals surface area (Å²) < 4.78 is 69.6. The lowest BCUT2D eigenvalue weighted by Gasteiger charge is -2.40. The van der Waals surface area contributed by atoms with Crippen molar-refractivity contribution in [3.05, 3.63) is 64.2 Å². The van der Waals surface area contributed by atoms with E-state index in [0.29, 0.717) is 24.2 Å². The molecule has 1 aliphatic carbocycles. The van der Waals surface area contributed by atoms with Crippen LogP contribution < -0.4 is 20.5 Å². The van der Waals surface area contributed by atoms with Crippen LogP contribution >= 0.6 is 11.3 Å². The van der Waals surface area contributed by atoms with E-state index in [-0.39, 0.29) is 39.2 Å². The lowest BCUT2D eigenvalue weighted by Crippen LogP contribution is -2.43. The zero-order valence-corrected chi connectivity index (χ0v) is 24.2. The fraction of sp³-hybridized carbons (Fsp3) is 0.414. The van der Waals surface area contributed by atoms with Gasteiger partial charge in [0.1, 0.15) is 22.3 Å². The maximum Gasteiger partial charge on any atom is 0.405 e. The van der Waals surface area contributed by atoms with Crippen molar-refractivity contribution in [2.24, 2.45) is 17.1 Å². The number of halogens is 4. The van der Waals surface area contributed by atoms with Gasteiger partial charge in [0.05, 0.1) is 11.5 Å². The Kier molecular flexibility index (Phi) is 9.00. The molecule has 8 nitrogen and oxygen atoms in total. The summed E-state index contributed by atoms with van der Waals surface area (Å²) in [4.78, 5) is 30.3. The highest BCUT2D eigenvalue weighted by atomic mass is 32.1. The molecular formula is C29H31F4N3O5S. The molecule has 42 heavy (non-hydrogen) atoms. The standard InChI is InChI=1S/C29H31F4N3O5S/c1-28(2,3)29(4,41-27(34)38)23-22(24(37)35-13-17-7-9-18(30)12-19(17)31)36-25(42-23)16-8-10-20(40-26(32)33)21(11-16)39-14-15-5-6-15/h7-12,15,26H,5-6,13-14H2,1-4H3,(H2,34,38)(H,35,37). The van der Waals surface area contributed by atoms with Gasteiger partial charge in [-0.1, -0.05) is 26.8 Å². The second kappa shape index (κ2) is 12.2. The van der Waals surface area contributed by atoms with Gasteiger partial charge in [-0.3, -0.25) is 4.79 Å². The molecule has 4 rings (SSSR count). The Morgan fingerprint density at radius 1 is 1.10 bits per heavy atom. The molecule has 1 saturated carbocycles. The van der Waals surface area contributed by atoms with Crippen molar-refractivity contribution in [3.63, 3.8) is 0 Å². The first-order valence-corrected chi connectivity index (χ1v) is 13.9. The molecule has 3 N–H and O–H groups in total. The molecule has 3 aromatic rings. The number of nitrogens with two attached hydrogens (primary N) is 1. The molecule has 226 valence electrons. The van der Waals surface area contributed by atoms with Crippen LogP contribution in [0.4, 0.5) is 22.4 Å². The third-order valence-electron chi connectivity index (χ3n) is 7.04. The largest absolute Gasteiger partial charge is 0.489 e. The average molecular weight is 610 g/mol. The summed E-state index contributed by atoms with van der Waals surface area (Å²) in [5.74, 6) is -2.05. The molecule has 1 aromatic heterocycles.